The van der Waals surface area contributed by atoms with Gasteiger partial charge in [-0.25, -0.2) is 4.79 Å². The summed E-state index contributed by atoms with van der Waals surface area (Å²) in [5, 5.41) is 10.5. The fourth-order valence-corrected chi connectivity index (χ4v) is 3.66. The van der Waals surface area contributed by atoms with Gasteiger partial charge in [0.2, 0.25) is 11.0 Å². The Kier molecular flexibility index (Phi) is 8.69. The van der Waals surface area contributed by atoms with Crippen molar-refractivity contribution in [1.82, 2.24) is 10.2 Å². The monoisotopic (exact) mass is 424 g/mol. The Hall–Kier alpha value is -2.66. The predicted octanol–water partition coefficient (Wildman–Crippen LogP) is 2.79. The van der Waals surface area contributed by atoms with Crippen molar-refractivity contribution >= 4 is 51.9 Å². The standard InChI is InChI=1S/C17H20N4O5S2/c1-3-25-14(23)10-21(12-8-6-5-7-9-12)13(22)11-27-17-20-19-15(28-17)18-16(24)26-4-2/h5-9H,3-4,10-11H2,1-2H3,(H,18,19,24). The first-order chi connectivity index (χ1) is 13.5. The molecule has 11 heteroatoms. The number of nitrogens with zero attached hydrogens (tertiary/aromatic N) is 3. The molecule has 0 unspecified atom stereocenters. The van der Waals surface area contributed by atoms with Gasteiger partial charge in [-0.1, -0.05) is 41.3 Å². The van der Waals surface area contributed by atoms with Crippen LogP contribution in [0.2, 0.25) is 0 Å². The Morgan fingerprint density at radius 3 is 2.50 bits per heavy atom. The second-order valence-electron chi connectivity index (χ2n) is 5.13. The van der Waals surface area contributed by atoms with Crippen LogP contribution in [0.3, 0.4) is 0 Å². The summed E-state index contributed by atoms with van der Waals surface area (Å²) in [6.45, 7) is 3.71. The van der Waals surface area contributed by atoms with Crippen LogP contribution in [0.4, 0.5) is 15.6 Å². The molecule has 2 aromatic rings. The van der Waals surface area contributed by atoms with E-state index in [0.717, 1.165) is 23.1 Å². The molecular formula is C17H20N4O5S2. The van der Waals surface area contributed by atoms with Crippen molar-refractivity contribution in [3.05, 3.63) is 30.3 Å². The van der Waals surface area contributed by atoms with Crippen LogP contribution in [0, 0.1) is 0 Å². The van der Waals surface area contributed by atoms with Crippen LogP contribution in [-0.4, -0.2) is 53.7 Å². The number of hydrogen-bond acceptors (Lipinski definition) is 9. The van der Waals surface area contributed by atoms with Crippen LogP contribution in [-0.2, 0) is 19.1 Å². The van der Waals surface area contributed by atoms with Gasteiger partial charge in [0.25, 0.3) is 0 Å². The summed E-state index contributed by atoms with van der Waals surface area (Å²) in [6, 6.07) is 8.88. The van der Waals surface area contributed by atoms with Gasteiger partial charge in [0.05, 0.1) is 19.0 Å². The smallest absolute Gasteiger partial charge is 0.413 e. The maximum absolute atomic E-state index is 12.7. The molecule has 0 spiro atoms. The van der Waals surface area contributed by atoms with Crippen molar-refractivity contribution in [1.29, 1.82) is 0 Å². The van der Waals surface area contributed by atoms with Crippen LogP contribution in [0.1, 0.15) is 13.8 Å². The molecule has 0 radical (unpaired) electrons. The van der Waals surface area contributed by atoms with E-state index in [9.17, 15) is 14.4 Å². The number of thioether (sulfide) groups is 1. The lowest BCUT2D eigenvalue weighted by Crippen LogP contribution is -2.37. The molecule has 2 amide bonds. The highest BCUT2D eigenvalue weighted by molar-refractivity contribution is 8.01. The molecule has 1 aromatic heterocycles. The lowest BCUT2D eigenvalue weighted by Gasteiger charge is -2.21. The Labute approximate surface area is 170 Å². The highest BCUT2D eigenvalue weighted by Gasteiger charge is 2.21. The number of aromatic nitrogens is 2. The van der Waals surface area contributed by atoms with Gasteiger partial charge in [-0.2, -0.15) is 0 Å². The molecular weight excluding hydrogens is 404 g/mol. The number of benzene rings is 1. The highest BCUT2D eigenvalue weighted by atomic mass is 32.2. The van der Waals surface area contributed by atoms with Crippen LogP contribution in [0.15, 0.2) is 34.7 Å². The van der Waals surface area contributed by atoms with Crippen molar-refractivity contribution in [2.24, 2.45) is 0 Å². The van der Waals surface area contributed by atoms with E-state index in [1.54, 1.807) is 38.1 Å². The van der Waals surface area contributed by atoms with Gasteiger partial charge < -0.3 is 14.4 Å². The maximum atomic E-state index is 12.7. The molecule has 1 aromatic carbocycles. The van der Waals surface area contributed by atoms with Gasteiger partial charge in [-0.15, -0.1) is 10.2 Å². The first kappa shape index (κ1) is 21.6. The van der Waals surface area contributed by atoms with E-state index in [0.29, 0.717) is 10.0 Å². The van der Waals surface area contributed by atoms with Crippen molar-refractivity contribution in [2.45, 2.75) is 18.2 Å². The average Bonchev–Trinajstić information content (AvgIpc) is 3.12. The lowest BCUT2D eigenvalue weighted by atomic mass is 10.3. The number of anilines is 2. The Morgan fingerprint density at radius 2 is 1.82 bits per heavy atom. The maximum Gasteiger partial charge on any atom is 0.413 e. The van der Waals surface area contributed by atoms with Gasteiger partial charge in [-0.05, 0) is 26.0 Å². The topological polar surface area (TPSA) is 111 Å². The van der Waals surface area contributed by atoms with Gasteiger partial charge >= 0.3 is 12.1 Å². The van der Waals surface area contributed by atoms with Crippen molar-refractivity contribution < 1.29 is 23.9 Å². The van der Waals surface area contributed by atoms with Crippen molar-refractivity contribution in [2.75, 3.05) is 35.7 Å². The summed E-state index contributed by atoms with van der Waals surface area (Å²) in [5.74, 6) is -0.719. The minimum Gasteiger partial charge on any atom is -0.465 e. The van der Waals surface area contributed by atoms with E-state index in [2.05, 4.69) is 15.5 Å². The lowest BCUT2D eigenvalue weighted by molar-refractivity contribution is -0.142. The van der Waals surface area contributed by atoms with Gasteiger partial charge in [0.1, 0.15) is 6.54 Å². The third-order valence-corrected chi connectivity index (χ3v) is 5.13. The zero-order chi connectivity index (χ0) is 20.4. The first-order valence-electron chi connectivity index (χ1n) is 8.44. The van der Waals surface area contributed by atoms with E-state index in [1.165, 1.54) is 4.90 Å². The SMILES string of the molecule is CCOC(=O)CN(C(=O)CSc1nnc(NC(=O)OCC)s1)c1ccccc1. The summed E-state index contributed by atoms with van der Waals surface area (Å²) in [4.78, 5) is 37.3. The third kappa shape index (κ3) is 6.82. The van der Waals surface area contributed by atoms with Crippen LogP contribution in [0.25, 0.3) is 0 Å². The molecule has 28 heavy (non-hydrogen) atoms. The van der Waals surface area contributed by atoms with Gasteiger partial charge in [0, 0.05) is 5.69 Å². The Bertz CT molecular complexity index is 800. The second-order valence-corrected chi connectivity index (χ2v) is 7.33. The number of hydrogen-bond donors (Lipinski definition) is 1. The molecule has 0 bridgehead atoms. The van der Waals surface area contributed by atoms with E-state index in [1.807, 2.05) is 6.07 Å². The molecule has 9 nitrogen and oxygen atoms in total. The number of para-hydroxylation sites is 1. The third-order valence-electron chi connectivity index (χ3n) is 3.17. The summed E-state index contributed by atoms with van der Waals surface area (Å²) < 4.78 is 10.2. The normalized spacial score (nSPS) is 10.2. The number of carbonyl (C=O) groups excluding carboxylic acids is 3. The molecule has 0 atom stereocenters. The number of carbonyl (C=O) groups is 3. The second kappa shape index (κ2) is 11.2. The van der Waals surface area contributed by atoms with Crippen LogP contribution < -0.4 is 10.2 Å². The highest BCUT2D eigenvalue weighted by Crippen LogP contribution is 2.26. The summed E-state index contributed by atoms with van der Waals surface area (Å²) >= 11 is 2.29. The first-order valence-corrected chi connectivity index (χ1v) is 10.2. The minimum atomic E-state index is -0.615. The molecule has 1 N–H and O–H groups in total. The zero-order valence-electron chi connectivity index (χ0n) is 15.4. The minimum absolute atomic E-state index is 0.0440. The van der Waals surface area contributed by atoms with E-state index in [-0.39, 0.29) is 36.6 Å². The number of amides is 2. The molecule has 0 fully saturated rings. The summed E-state index contributed by atoms with van der Waals surface area (Å²) in [7, 11) is 0. The average molecular weight is 425 g/mol. The largest absolute Gasteiger partial charge is 0.465 e. The molecule has 2 rings (SSSR count). The van der Waals surface area contributed by atoms with Gasteiger partial charge in [0.15, 0.2) is 4.34 Å². The molecule has 150 valence electrons. The predicted molar refractivity (Wildman–Crippen MR) is 107 cm³/mol. The molecule has 0 aliphatic carbocycles. The number of nitrogens with one attached hydrogen (secondary N) is 1. The van der Waals surface area contributed by atoms with Crippen LogP contribution >= 0.6 is 23.1 Å². The summed E-state index contributed by atoms with van der Waals surface area (Å²) in [6.07, 6.45) is -0.615. The Balaban J connectivity index is 1.98. The van der Waals surface area contributed by atoms with Gasteiger partial charge in [-0.3, -0.25) is 14.9 Å². The zero-order valence-corrected chi connectivity index (χ0v) is 17.0. The molecule has 0 aliphatic heterocycles. The number of esters is 1. The molecule has 1 heterocycles. The molecule has 0 aliphatic rings. The fraction of sp³-hybridized carbons (Fsp3) is 0.353. The number of rotatable bonds is 9. The van der Waals surface area contributed by atoms with Crippen molar-refractivity contribution in [3.8, 4) is 0 Å². The summed E-state index contributed by atoms with van der Waals surface area (Å²) in [5.41, 5.74) is 0.600. The van der Waals surface area contributed by atoms with Crippen molar-refractivity contribution in [3.63, 3.8) is 0 Å². The van der Waals surface area contributed by atoms with E-state index < -0.39 is 12.1 Å². The quantitative estimate of drug-likeness (QED) is 0.372. The molecule has 0 saturated heterocycles. The Morgan fingerprint density at radius 1 is 1.11 bits per heavy atom. The molecule has 0 saturated carbocycles. The van der Waals surface area contributed by atoms with E-state index >= 15 is 0 Å². The van der Waals surface area contributed by atoms with Crippen LogP contribution in [0.5, 0.6) is 0 Å². The number of ether oxygens (including phenoxy) is 2. The fourth-order valence-electron chi connectivity index (χ4n) is 2.04. The van der Waals surface area contributed by atoms with E-state index in [4.69, 9.17) is 9.47 Å².